The van der Waals surface area contributed by atoms with Crippen molar-refractivity contribution in [2.45, 2.75) is 6.42 Å². The van der Waals surface area contributed by atoms with Gasteiger partial charge < -0.3 is 14.5 Å². The second-order valence-electron chi connectivity index (χ2n) is 4.93. The molecule has 1 heterocycles. The van der Waals surface area contributed by atoms with Gasteiger partial charge in [0.05, 0.1) is 32.0 Å². The molecule has 3 N–H and O–H groups in total. The molecule has 0 fully saturated rings. The fourth-order valence-corrected chi connectivity index (χ4v) is 1.87. The lowest BCUT2D eigenvalue weighted by atomic mass is 10.1. The van der Waals surface area contributed by atoms with Gasteiger partial charge in [-0.1, -0.05) is 18.7 Å². The first-order valence-electron chi connectivity index (χ1n) is 7.25. The summed E-state index contributed by atoms with van der Waals surface area (Å²) >= 11 is 0. The van der Waals surface area contributed by atoms with Gasteiger partial charge in [0.1, 0.15) is 5.75 Å². The highest BCUT2D eigenvalue weighted by molar-refractivity contribution is 5.85. The fraction of sp³-hybridized carbons (Fsp3) is 0.176. The molecule has 2 amide bonds. The first kappa shape index (κ1) is 17.1. The van der Waals surface area contributed by atoms with Gasteiger partial charge >= 0.3 is 0 Å². The molecule has 0 aliphatic rings. The summed E-state index contributed by atoms with van der Waals surface area (Å²) in [6.07, 6.45) is 1.69. The Morgan fingerprint density at radius 3 is 2.50 bits per heavy atom. The number of hydrogen-bond acceptors (Lipinski definition) is 5. The van der Waals surface area contributed by atoms with E-state index in [0.29, 0.717) is 11.5 Å². The van der Waals surface area contributed by atoms with Gasteiger partial charge in [0.2, 0.25) is 5.91 Å². The molecule has 0 aliphatic carbocycles. The smallest absolute Gasteiger partial charge is 0.257 e. The first-order chi connectivity index (χ1) is 11.6. The summed E-state index contributed by atoms with van der Waals surface area (Å²) in [5.74, 6) is 0.589. The van der Waals surface area contributed by atoms with Crippen LogP contribution in [0.15, 0.2) is 53.7 Å². The minimum atomic E-state index is -0.397. The van der Waals surface area contributed by atoms with Crippen LogP contribution in [0, 0.1) is 0 Å². The number of nitrogens with one attached hydrogen (secondary N) is 3. The maximum atomic E-state index is 11.8. The summed E-state index contributed by atoms with van der Waals surface area (Å²) in [5.41, 5.74) is 6.29. The van der Waals surface area contributed by atoms with Crippen LogP contribution in [0.5, 0.6) is 5.75 Å². The molecule has 0 bridgehead atoms. The predicted molar refractivity (Wildman–Crippen MR) is 88.7 cm³/mol. The highest BCUT2D eigenvalue weighted by atomic mass is 16.5. The van der Waals surface area contributed by atoms with Gasteiger partial charge in [0, 0.05) is 0 Å². The van der Waals surface area contributed by atoms with Crippen LogP contribution in [0.3, 0.4) is 0 Å². The Bertz CT molecular complexity index is 693. The molecule has 7 nitrogen and oxygen atoms in total. The van der Waals surface area contributed by atoms with Crippen molar-refractivity contribution in [2.24, 2.45) is 0 Å². The molecule has 2 rings (SSSR count). The number of ether oxygens (including phenoxy) is 1. The SMILES string of the molecule is C=C(NNC(=O)CNC(=O)Cc1ccc(OC)cc1)c1ccco1. The predicted octanol–water partition coefficient (Wildman–Crippen LogP) is 1.24. The minimum absolute atomic E-state index is 0.145. The summed E-state index contributed by atoms with van der Waals surface area (Å²) in [4.78, 5) is 23.5. The molecule has 0 atom stereocenters. The number of carbonyl (C=O) groups excluding carboxylic acids is 2. The van der Waals surface area contributed by atoms with Crippen LogP contribution in [-0.2, 0) is 16.0 Å². The van der Waals surface area contributed by atoms with Crippen molar-refractivity contribution < 1.29 is 18.7 Å². The van der Waals surface area contributed by atoms with E-state index in [1.807, 2.05) is 0 Å². The first-order valence-corrected chi connectivity index (χ1v) is 7.25. The minimum Gasteiger partial charge on any atom is -0.497 e. The number of rotatable bonds is 8. The summed E-state index contributed by atoms with van der Waals surface area (Å²) in [6.45, 7) is 3.57. The summed E-state index contributed by atoms with van der Waals surface area (Å²) in [5, 5.41) is 2.54. The van der Waals surface area contributed by atoms with Gasteiger partial charge in [-0.05, 0) is 29.8 Å². The standard InChI is InChI=1S/C17H19N3O4/c1-12(15-4-3-9-24-15)19-20-17(22)11-18-16(21)10-13-5-7-14(23-2)8-6-13/h3-9,19H,1,10-11H2,2H3,(H,18,21)(H,20,22). The molecule has 0 saturated heterocycles. The highest BCUT2D eigenvalue weighted by Gasteiger charge is 2.08. The molecule has 1 aromatic heterocycles. The molecular weight excluding hydrogens is 310 g/mol. The summed E-state index contributed by atoms with van der Waals surface area (Å²) < 4.78 is 10.2. The number of carbonyl (C=O) groups is 2. The molecule has 0 radical (unpaired) electrons. The highest BCUT2D eigenvalue weighted by Crippen LogP contribution is 2.11. The van der Waals surface area contributed by atoms with Gasteiger partial charge in [-0.15, -0.1) is 0 Å². The van der Waals surface area contributed by atoms with Gasteiger partial charge in [0.15, 0.2) is 5.76 Å². The Kier molecular flexibility index (Phi) is 6.01. The second kappa shape index (κ2) is 8.42. The van der Waals surface area contributed by atoms with E-state index in [1.165, 1.54) is 6.26 Å². The van der Waals surface area contributed by atoms with Crippen molar-refractivity contribution in [2.75, 3.05) is 13.7 Å². The molecule has 2 aromatic rings. The quantitative estimate of drug-likeness (QED) is 0.634. The van der Waals surface area contributed by atoms with Crippen molar-refractivity contribution in [3.8, 4) is 5.75 Å². The molecule has 126 valence electrons. The van der Waals surface area contributed by atoms with Crippen molar-refractivity contribution >= 4 is 17.5 Å². The van der Waals surface area contributed by atoms with Crippen molar-refractivity contribution in [3.05, 3.63) is 60.6 Å². The number of amides is 2. The van der Waals surface area contributed by atoms with E-state index in [1.54, 1.807) is 43.5 Å². The van der Waals surface area contributed by atoms with Crippen LogP contribution in [0.2, 0.25) is 0 Å². The molecule has 1 aromatic carbocycles. The molecule has 24 heavy (non-hydrogen) atoms. The van der Waals surface area contributed by atoms with E-state index >= 15 is 0 Å². The Morgan fingerprint density at radius 2 is 1.88 bits per heavy atom. The number of furan rings is 1. The van der Waals surface area contributed by atoms with E-state index in [4.69, 9.17) is 9.15 Å². The zero-order valence-corrected chi connectivity index (χ0v) is 13.3. The summed E-state index contributed by atoms with van der Waals surface area (Å²) in [7, 11) is 1.58. The lowest BCUT2D eigenvalue weighted by molar-refractivity contribution is -0.126. The lowest BCUT2D eigenvalue weighted by Gasteiger charge is -2.10. The average Bonchev–Trinajstić information content (AvgIpc) is 3.13. The van der Waals surface area contributed by atoms with E-state index in [0.717, 1.165) is 11.3 Å². The van der Waals surface area contributed by atoms with Crippen LogP contribution >= 0.6 is 0 Å². The Labute approximate surface area is 139 Å². The van der Waals surface area contributed by atoms with Crippen LogP contribution in [0.1, 0.15) is 11.3 Å². The molecule has 0 saturated carbocycles. The molecule has 0 spiro atoms. The largest absolute Gasteiger partial charge is 0.497 e. The number of hydrogen-bond donors (Lipinski definition) is 3. The average molecular weight is 329 g/mol. The van der Waals surface area contributed by atoms with Gasteiger partial charge in [-0.3, -0.25) is 20.4 Å². The number of hydrazine groups is 1. The number of methoxy groups -OCH3 is 1. The third kappa shape index (κ3) is 5.20. The molecular formula is C17H19N3O4. The zero-order valence-electron chi connectivity index (χ0n) is 13.3. The molecule has 0 unspecified atom stereocenters. The maximum Gasteiger partial charge on any atom is 0.257 e. The third-order valence-electron chi connectivity index (χ3n) is 3.14. The summed E-state index contributed by atoms with van der Waals surface area (Å²) in [6, 6.07) is 10.6. The Hall–Kier alpha value is -3.22. The van der Waals surface area contributed by atoms with Crippen molar-refractivity contribution in [1.82, 2.24) is 16.2 Å². The lowest BCUT2D eigenvalue weighted by Crippen LogP contribution is -2.43. The van der Waals surface area contributed by atoms with Crippen LogP contribution in [0.25, 0.3) is 5.70 Å². The second-order valence-corrected chi connectivity index (χ2v) is 4.93. The Balaban J connectivity index is 1.68. The van der Waals surface area contributed by atoms with E-state index in [9.17, 15) is 9.59 Å². The van der Waals surface area contributed by atoms with Gasteiger partial charge in [-0.25, -0.2) is 0 Å². The van der Waals surface area contributed by atoms with E-state index in [2.05, 4.69) is 22.7 Å². The van der Waals surface area contributed by atoms with E-state index < -0.39 is 5.91 Å². The fourth-order valence-electron chi connectivity index (χ4n) is 1.87. The normalized spacial score (nSPS) is 9.88. The van der Waals surface area contributed by atoms with E-state index in [-0.39, 0.29) is 18.9 Å². The van der Waals surface area contributed by atoms with Crippen LogP contribution in [-0.4, -0.2) is 25.5 Å². The molecule has 0 aliphatic heterocycles. The van der Waals surface area contributed by atoms with Crippen molar-refractivity contribution in [1.29, 1.82) is 0 Å². The van der Waals surface area contributed by atoms with Gasteiger partial charge in [-0.2, -0.15) is 0 Å². The third-order valence-corrected chi connectivity index (χ3v) is 3.14. The van der Waals surface area contributed by atoms with Crippen LogP contribution in [0.4, 0.5) is 0 Å². The molecule has 7 heteroatoms. The zero-order chi connectivity index (χ0) is 17.4. The monoisotopic (exact) mass is 329 g/mol. The number of benzene rings is 1. The van der Waals surface area contributed by atoms with Gasteiger partial charge in [0.25, 0.3) is 5.91 Å². The maximum absolute atomic E-state index is 11.8. The van der Waals surface area contributed by atoms with Crippen LogP contribution < -0.4 is 20.9 Å². The Morgan fingerprint density at radius 1 is 1.12 bits per heavy atom. The van der Waals surface area contributed by atoms with Crippen molar-refractivity contribution in [3.63, 3.8) is 0 Å². The topological polar surface area (TPSA) is 92.6 Å².